The highest BCUT2D eigenvalue weighted by molar-refractivity contribution is 5.92. The minimum atomic E-state index is -1.01. The van der Waals surface area contributed by atoms with Crippen LogP contribution in [0.5, 0.6) is 0 Å². The average Bonchev–Trinajstić information content (AvgIpc) is 3.27. The molecule has 8 nitrogen and oxygen atoms in total. The summed E-state index contributed by atoms with van der Waals surface area (Å²) in [6.45, 7) is 3.91. The van der Waals surface area contributed by atoms with E-state index < -0.39 is 5.97 Å². The molecule has 0 saturated heterocycles. The van der Waals surface area contributed by atoms with E-state index >= 15 is 0 Å². The monoisotopic (exact) mass is 374 g/mol. The SMILES string of the molecule is Cc1cc(C)n2nc(-c3nc(C4CC4)nn3-c3ccccc3C(=O)O)cc2n1. The summed E-state index contributed by atoms with van der Waals surface area (Å²) in [5.74, 6) is 0.579. The van der Waals surface area contributed by atoms with E-state index in [1.54, 1.807) is 33.5 Å². The predicted octanol–water partition coefficient (Wildman–Crippen LogP) is 3.17. The van der Waals surface area contributed by atoms with Crippen LogP contribution in [-0.2, 0) is 0 Å². The fourth-order valence-corrected chi connectivity index (χ4v) is 3.41. The predicted molar refractivity (Wildman–Crippen MR) is 102 cm³/mol. The molecular formula is C20H18N6O2. The Balaban J connectivity index is 1.74. The van der Waals surface area contributed by atoms with Crippen molar-refractivity contribution in [1.82, 2.24) is 29.4 Å². The number of fused-ring (bicyclic) bond motifs is 1. The Labute approximate surface area is 160 Å². The number of hydrogen-bond donors (Lipinski definition) is 1. The van der Waals surface area contributed by atoms with Gasteiger partial charge in [0.25, 0.3) is 0 Å². The van der Waals surface area contributed by atoms with Crippen molar-refractivity contribution in [3.8, 4) is 17.2 Å². The first-order valence-electron chi connectivity index (χ1n) is 9.15. The van der Waals surface area contributed by atoms with Gasteiger partial charge in [-0.1, -0.05) is 12.1 Å². The molecule has 140 valence electrons. The number of benzene rings is 1. The maximum Gasteiger partial charge on any atom is 0.337 e. The second kappa shape index (κ2) is 5.98. The number of aryl methyl sites for hydroxylation is 2. The Morgan fingerprint density at radius 2 is 1.89 bits per heavy atom. The first kappa shape index (κ1) is 16.6. The average molecular weight is 374 g/mol. The van der Waals surface area contributed by atoms with Crippen molar-refractivity contribution in [3.05, 3.63) is 59.2 Å². The highest BCUT2D eigenvalue weighted by Gasteiger charge is 2.31. The standard InChI is InChI=1S/C20H18N6O2/c1-11-9-12(2)25-17(21-11)10-15(23-25)19-22-18(13-7-8-13)24-26(19)16-6-4-3-5-14(16)20(27)28/h3-6,9-10,13H,7-8H2,1-2H3,(H,27,28). The highest BCUT2D eigenvalue weighted by atomic mass is 16.4. The maximum atomic E-state index is 11.7. The Bertz CT molecular complexity index is 1230. The molecule has 0 unspecified atom stereocenters. The Morgan fingerprint density at radius 3 is 2.64 bits per heavy atom. The fraction of sp³-hybridized carbons (Fsp3) is 0.250. The first-order valence-corrected chi connectivity index (χ1v) is 9.15. The Kier molecular flexibility index (Phi) is 3.55. The van der Waals surface area contributed by atoms with Gasteiger partial charge in [-0.2, -0.15) is 10.2 Å². The van der Waals surface area contributed by atoms with Crippen LogP contribution in [0.2, 0.25) is 0 Å². The van der Waals surface area contributed by atoms with E-state index in [1.165, 1.54) is 0 Å². The lowest BCUT2D eigenvalue weighted by Crippen LogP contribution is -2.08. The number of para-hydroxylation sites is 1. The van der Waals surface area contributed by atoms with Crippen LogP contribution in [0.3, 0.4) is 0 Å². The van der Waals surface area contributed by atoms with Gasteiger partial charge in [-0.25, -0.2) is 24.0 Å². The third kappa shape index (κ3) is 2.65. The summed E-state index contributed by atoms with van der Waals surface area (Å²) in [5.41, 5.74) is 3.86. The van der Waals surface area contributed by atoms with Gasteiger partial charge in [0, 0.05) is 23.4 Å². The van der Waals surface area contributed by atoms with Crippen molar-refractivity contribution >= 4 is 11.6 Å². The van der Waals surface area contributed by atoms with Gasteiger partial charge in [0.2, 0.25) is 0 Å². The number of aromatic nitrogens is 6. The van der Waals surface area contributed by atoms with Gasteiger partial charge in [-0.3, -0.25) is 0 Å². The summed E-state index contributed by atoms with van der Waals surface area (Å²) in [5, 5.41) is 18.9. The molecule has 1 N–H and O–H groups in total. The molecule has 1 fully saturated rings. The fourth-order valence-electron chi connectivity index (χ4n) is 3.41. The third-order valence-electron chi connectivity index (χ3n) is 4.89. The maximum absolute atomic E-state index is 11.7. The summed E-state index contributed by atoms with van der Waals surface area (Å²) < 4.78 is 3.36. The van der Waals surface area contributed by atoms with E-state index in [2.05, 4.69) is 15.2 Å². The summed E-state index contributed by atoms with van der Waals surface area (Å²) in [6.07, 6.45) is 2.10. The lowest BCUT2D eigenvalue weighted by molar-refractivity contribution is 0.0696. The summed E-state index contributed by atoms with van der Waals surface area (Å²) in [4.78, 5) is 21.0. The summed E-state index contributed by atoms with van der Waals surface area (Å²) >= 11 is 0. The molecule has 3 aromatic heterocycles. The molecule has 0 bridgehead atoms. The highest BCUT2D eigenvalue weighted by Crippen LogP contribution is 2.39. The topological polar surface area (TPSA) is 98.2 Å². The van der Waals surface area contributed by atoms with Crippen molar-refractivity contribution in [3.63, 3.8) is 0 Å². The molecule has 0 aliphatic heterocycles. The Hall–Kier alpha value is -3.55. The van der Waals surface area contributed by atoms with E-state index in [0.29, 0.717) is 23.1 Å². The molecule has 28 heavy (non-hydrogen) atoms. The number of rotatable bonds is 4. The van der Waals surface area contributed by atoms with Crippen LogP contribution >= 0.6 is 0 Å². The number of aromatic carboxylic acids is 1. The minimum Gasteiger partial charge on any atom is -0.478 e. The smallest absolute Gasteiger partial charge is 0.337 e. The van der Waals surface area contributed by atoms with Gasteiger partial charge in [0.1, 0.15) is 5.69 Å². The van der Waals surface area contributed by atoms with Crippen LogP contribution in [0.25, 0.3) is 22.9 Å². The van der Waals surface area contributed by atoms with Crippen molar-refractivity contribution in [2.75, 3.05) is 0 Å². The summed E-state index contributed by atoms with van der Waals surface area (Å²) in [6, 6.07) is 10.6. The molecule has 1 saturated carbocycles. The number of carboxylic acid groups (broad SMARTS) is 1. The van der Waals surface area contributed by atoms with E-state index in [9.17, 15) is 9.90 Å². The summed E-state index contributed by atoms with van der Waals surface area (Å²) in [7, 11) is 0. The van der Waals surface area contributed by atoms with E-state index in [0.717, 1.165) is 35.7 Å². The molecule has 0 atom stereocenters. The number of hydrogen-bond acceptors (Lipinski definition) is 5. The van der Waals surface area contributed by atoms with Gasteiger partial charge in [0.05, 0.1) is 11.3 Å². The third-order valence-corrected chi connectivity index (χ3v) is 4.89. The molecule has 3 heterocycles. The largest absolute Gasteiger partial charge is 0.478 e. The van der Waals surface area contributed by atoms with Gasteiger partial charge >= 0.3 is 5.97 Å². The second-order valence-electron chi connectivity index (χ2n) is 7.14. The molecule has 1 aliphatic carbocycles. The van der Waals surface area contributed by atoms with Crippen molar-refractivity contribution < 1.29 is 9.90 Å². The lowest BCUT2D eigenvalue weighted by atomic mass is 10.2. The molecule has 0 spiro atoms. The van der Waals surface area contributed by atoms with Crippen molar-refractivity contribution in [1.29, 1.82) is 0 Å². The van der Waals surface area contributed by atoms with E-state index in [4.69, 9.17) is 4.98 Å². The zero-order valence-corrected chi connectivity index (χ0v) is 15.5. The van der Waals surface area contributed by atoms with E-state index in [-0.39, 0.29) is 5.56 Å². The van der Waals surface area contributed by atoms with Crippen LogP contribution in [-0.4, -0.2) is 40.4 Å². The van der Waals surface area contributed by atoms with Crippen LogP contribution in [0.1, 0.15) is 46.3 Å². The number of carboxylic acids is 1. The van der Waals surface area contributed by atoms with Crippen LogP contribution < -0.4 is 0 Å². The lowest BCUT2D eigenvalue weighted by Gasteiger charge is -2.07. The number of carbonyl (C=O) groups is 1. The molecule has 4 aromatic rings. The molecular weight excluding hydrogens is 356 g/mol. The molecule has 1 aromatic carbocycles. The molecule has 0 amide bonds. The van der Waals surface area contributed by atoms with Crippen molar-refractivity contribution in [2.45, 2.75) is 32.6 Å². The second-order valence-corrected chi connectivity index (χ2v) is 7.14. The van der Waals surface area contributed by atoms with Crippen LogP contribution in [0.15, 0.2) is 36.4 Å². The molecule has 0 radical (unpaired) electrons. The van der Waals surface area contributed by atoms with Crippen molar-refractivity contribution in [2.24, 2.45) is 0 Å². The zero-order chi connectivity index (χ0) is 19.4. The van der Waals surface area contributed by atoms with Gasteiger partial charge in [-0.15, -0.1) is 0 Å². The van der Waals surface area contributed by atoms with Gasteiger partial charge in [0.15, 0.2) is 17.3 Å². The normalized spacial score (nSPS) is 13.9. The molecule has 5 rings (SSSR count). The van der Waals surface area contributed by atoms with Gasteiger partial charge < -0.3 is 5.11 Å². The molecule has 1 aliphatic rings. The molecule has 8 heteroatoms. The minimum absolute atomic E-state index is 0.171. The zero-order valence-electron chi connectivity index (χ0n) is 15.5. The number of nitrogens with zero attached hydrogens (tertiary/aromatic N) is 6. The Morgan fingerprint density at radius 1 is 1.11 bits per heavy atom. The van der Waals surface area contributed by atoms with Crippen LogP contribution in [0.4, 0.5) is 0 Å². The van der Waals surface area contributed by atoms with E-state index in [1.807, 2.05) is 26.0 Å². The van der Waals surface area contributed by atoms with Gasteiger partial charge in [-0.05, 0) is 44.9 Å². The van der Waals surface area contributed by atoms with Crippen LogP contribution in [0, 0.1) is 13.8 Å². The quantitative estimate of drug-likeness (QED) is 0.589. The first-order chi connectivity index (χ1) is 13.5.